The quantitative estimate of drug-likeness (QED) is 0.768. The van der Waals surface area contributed by atoms with Crippen molar-refractivity contribution in [1.29, 1.82) is 0 Å². The van der Waals surface area contributed by atoms with Crippen molar-refractivity contribution in [2.75, 3.05) is 0 Å². The number of aromatic nitrogens is 1. The third-order valence-electron chi connectivity index (χ3n) is 2.28. The molecule has 6 heteroatoms. The molecule has 78 valence electrons. The standard InChI is InChI=1S/C9H9N3O2S/c1-3-10-14-9(1)12-8(2-4-15-12)7-5-11-13-6-7/h1-6,8-10H. The van der Waals surface area contributed by atoms with Crippen molar-refractivity contribution in [2.45, 2.75) is 12.3 Å². The molecule has 2 unspecified atom stereocenters. The van der Waals surface area contributed by atoms with Crippen molar-refractivity contribution in [3.8, 4) is 0 Å². The Kier molecular flexibility index (Phi) is 2.24. The summed E-state index contributed by atoms with van der Waals surface area (Å²) < 4.78 is 6.96. The average Bonchev–Trinajstić information content (AvgIpc) is 3.01. The van der Waals surface area contributed by atoms with Crippen molar-refractivity contribution in [3.63, 3.8) is 0 Å². The molecule has 0 aliphatic carbocycles. The summed E-state index contributed by atoms with van der Waals surface area (Å²) in [5.74, 6) is 0. The number of rotatable bonds is 2. The van der Waals surface area contributed by atoms with Gasteiger partial charge in [-0.25, -0.2) is 4.31 Å². The van der Waals surface area contributed by atoms with Gasteiger partial charge in [-0.2, -0.15) is 0 Å². The van der Waals surface area contributed by atoms with Crippen LogP contribution < -0.4 is 5.48 Å². The Morgan fingerprint density at radius 1 is 1.47 bits per heavy atom. The molecule has 5 nitrogen and oxygen atoms in total. The van der Waals surface area contributed by atoms with E-state index in [0.29, 0.717) is 0 Å². The summed E-state index contributed by atoms with van der Waals surface area (Å²) in [5, 5.41) is 5.74. The highest BCUT2D eigenvalue weighted by atomic mass is 32.2. The first-order valence-electron chi connectivity index (χ1n) is 4.54. The van der Waals surface area contributed by atoms with Crippen LogP contribution >= 0.6 is 11.9 Å². The van der Waals surface area contributed by atoms with Gasteiger partial charge in [-0.15, -0.1) is 0 Å². The summed E-state index contributed by atoms with van der Waals surface area (Å²) in [7, 11) is 0. The highest BCUT2D eigenvalue weighted by Gasteiger charge is 2.31. The second kappa shape index (κ2) is 3.73. The molecular weight excluding hydrogens is 214 g/mol. The maximum atomic E-state index is 5.32. The molecule has 0 fully saturated rings. The molecule has 0 amide bonds. The lowest BCUT2D eigenvalue weighted by molar-refractivity contribution is -0.0164. The molecule has 1 aromatic rings. The molecule has 15 heavy (non-hydrogen) atoms. The third kappa shape index (κ3) is 1.56. The lowest BCUT2D eigenvalue weighted by Crippen LogP contribution is -2.30. The Balaban J connectivity index is 1.82. The Bertz CT molecular complexity index is 390. The second-order valence-corrected chi connectivity index (χ2v) is 4.09. The molecular formula is C9H9N3O2S. The van der Waals surface area contributed by atoms with Crippen LogP contribution in [-0.2, 0) is 4.84 Å². The van der Waals surface area contributed by atoms with Crippen molar-refractivity contribution < 1.29 is 9.36 Å². The monoisotopic (exact) mass is 223 g/mol. The fourth-order valence-electron chi connectivity index (χ4n) is 1.57. The maximum absolute atomic E-state index is 5.32. The number of nitrogens with one attached hydrogen (secondary N) is 1. The first-order valence-corrected chi connectivity index (χ1v) is 5.38. The summed E-state index contributed by atoms with van der Waals surface area (Å²) in [6.07, 6.45) is 9.14. The van der Waals surface area contributed by atoms with E-state index in [1.807, 2.05) is 11.5 Å². The zero-order valence-electron chi connectivity index (χ0n) is 7.74. The zero-order valence-corrected chi connectivity index (χ0v) is 8.55. The average molecular weight is 223 g/mol. The van der Waals surface area contributed by atoms with Crippen LogP contribution in [0.25, 0.3) is 0 Å². The van der Waals surface area contributed by atoms with E-state index < -0.39 is 0 Å². The van der Waals surface area contributed by atoms with Crippen LogP contribution in [-0.4, -0.2) is 15.7 Å². The van der Waals surface area contributed by atoms with Gasteiger partial charge in [-0.1, -0.05) is 11.2 Å². The molecule has 2 aliphatic heterocycles. The molecule has 2 aliphatic rings. The lowest BCUT2D eigenvalue weighted by Gasteiger charge is -2.25. The molecule has 1 N–H and O–H groups in total. The molecule has 0 saturated carbocycles. The van der Waals surface area contributed by atoms with Crippen LogP contribution in [0.4, 0.5) is 0 Å². The van der Waals surface area contributed by atoms with Gasteiger partial charge >= 0.3 is 0 Å². The van der Waals surface area contributed by atoms with E-state index in [-0.39, 0.29) is 12.3 Å². The Morgan fingerprint density at radius 2 is 2.47 bits per heavy atom. The van der Waals surface area contributed by atoms with Crippen LogP contribution in [0.5, 0.6) is 0 Å². The van der Waals surface area contributed by atoms with E-state index >= 15 is 0 Å². The van der Waals surface area contributed by atoms with E-state index in [0.717, 1.165) is 5.56 Å². The van der Waals surface area contributed by atoms with Crippen molar-refractivity contribution in [1.82, 2.24) is 14.9 Å². The van der Waals surface area contributed by atoms with Gasteiger partial charge in [0.15, 0.2) is 6.23 Å². The molecule has 0 radical (unpaired) electrons. The van der Waals surface area contributed by atoms with Gasteiger partial charge in [0.1, 0.15) is 6.26 Å². The number of hydrogen-bond donors (Lipinski definition) is 1. The van der Waals surface area contributed by atoms with Gasteiger partial charge in [-0.05, 0) is 23.4 Å². The smallest absolute Gasteiger partial charge is 0.168 e. The summed E-state index contributed by atoms with van der Waals surface area (Å²) in [6.45, 7) is 0. The van der Waals surface area contributed by atoms with Crippen LogP contribution in [0.1, 0.15) is 11.6 Å². The first kappa shape index (κ1) is 9.02. The number of nitrogens with zero attached hydrogens (tertiary/aromatic N) is 2. The van der Waals surface area contributed by atoms with E-state index in [1.54, 1.807) is 30.6 Å². The Morgan fingerprint density at radius 3 is 3.20 bits per heavy atom. The van der Waals surface area contributed by atoms with Crippen LogP contribution in [0, 0.1) is 0 Å². The lowest BCUT2D eigenvalue weighted by atomic mass is 10.1. The molecule has 1 aromatic heterocycles. The zero-order chi connectivity index (χ0) is 10.1. The fourth-order valence-corrected chi connectivity index (χ4v) is 2.49. The molecule has 0 bridgehead atoms. The van der Waals surface area contributed by atoms with Crippen LogP contribution in [0.15, 0.2) is 40.7 Å². The van der Waals surface area contributed by atoms with Crippen LogP contribution in [0.2, 0.25) is 0 Å². The van der Waals surface area contributed by atoms with Gasteiger partial charge in [-0.3, -0.25) is 10.3 Å². The van der Waals surface area contributed by atoms with E-state index in [9.17, 15) is 0 Å². The van der Waals surface area contributed by atoms with Gasteiger partial charge in [0.05, 0.1) is 12.2 Å². The highest BCUT2D eigenvalue weighted by Crippen LogP contribution is 2.38. The minimum absolute atomic E-state index is 0.0649. The summed E-state index contributed by atoms with van der Waals surface area (Å²) >= 11 is 1.61. The Labute approximate surface area is 90.8 Å². The summed E-state index contributed by atoms with van der Waals surface area (Å²) in [6, 6.07) is 0.149. The third-order valence-corrected chi connectivity index (χ3v) is 3.24. The maximum Gasteiger partial charge on any atom is 0.168 e. The normalized spacial score (nSPS) is 29.9. The second-order valence-electron chi connectivity index (χ2n) is 3.18. The molecule has 3 rings (SSSR count). The first-order chi connectivity index (χ1) is 7.45. The highest BCUT2D eigenvalue weighted by molar-refractivity contribution is 8.00. The summed E-state index contributed by atoms with van der Waals surface area (Å²) in [5.41, 5.74) is 3.74. The van der Waals surface area contributed by atoms with Gasteiger partial charge in [0.25, 0.3) is 0 Å². The minimum Gasteiger partial charge on any atom is -0.364 e. The largest absolute Gasteiger partial charge is 0.364 e. The summed E-state index contributed by atoms with van der Waals surface area (Å²) in [4.78, 5) is 5.32. The van der Waals surface area contributed by atoms with Crippen molar-refractivity contribution in [3.05, 3.63) is 41.8 Å². The topological polar surface area (TPSA) is 50.5 Å². The molecule has 2 atom stereocenters. The number of hydrogen-bond acceptors (Lipinski definition) is 6. The predicted molar refractivity (Wildman–Crippen MR) is 55.0 cm³/mol. The van der Waals surface area contributed by atoms with Gasteiger partial charge < -0.3 is 4.52 Å². The SMILES string of the molecule is C1=CC(N2SC=CC2c2cnoc2)ON1. The Hall–Kier alpha value is -1.24. The van der Waals surface area contributed by atoms with Crippen LogP contribution in [0.3, 0.4) is 0 Å². The van der Waals surface area contributed by atoms with E-state index in [4.69, 9.17) is 9.36 Å². The minimum atomic E-state index is -0.0649. The molecule has 3 heterocycles. The van der Waals surface area contributed by atoms with Crippen molar-refractivity contribution in [2.24, 2.45) is 0 Å². The van der Waals surface area contributed by atoms with Gasteiger partial charge in [0, 0.05) is 11.8 Å². The fraction of sp³-hybridized carbons (Fsp3) is 0.222. The molecule has 0 saturated heterocycles. The van der Waals surface area contributed by atoms with E-state index in [2.05, 4.69) is 21.0 Å². The van der Waals surface area contributed by atoms with Crippen molar-refractivity contribution >= 4 is 11.9 Å². The van der Waals surface area contributed by atoms with Gasteiger partial charge in [0.2, 0.25) is 0 Å². The number of hydroxylamine groups is 1. The predicted octanol–water partition coefficient (Wildman–Crippen LogP) is 1.57. The molecule has 0 aromatic carbocycles. The van der Waals surface area contributed by atoms with E-state index in [1.165, 1.54) is 0 Å². The molecule has 0 spiro atoms.